The van der Waals surface area contributed by atoms with E-state index in [1.165, 1.54) is 6.34 Å². The molecule has 0 aromatic carbocycles. The van der Waals surface area contributed by atoms with Crippen molar-refractivity contribution in [3.63, 3.8) is 0 Å². The molecule has 0 fully saturated rings. The second-order valence-electron chi connectivity index (χ2n) is 1.38. The molecule has 0 bridgehead atoms. The number of amides is 1. The molecule has 8 heavy (non-hydrogen) atoms. The van der Waals surface area contributed by atoms with Crippen molar-refractivity contribution in [2.24, 2.45) is 10.9 Å². The number of carbonyl (C=O) groups is 1. The Morgan fingerprint density at radius 3 is 3.12 bits per heavy atom. The monoisotopic (exact) mass is 114 g/mol. The number of rotatable bonds is 0. The Bertz CT molecular complexity index is 131. The van der Waals surface area contributed by atoms with Gasteiger partial charge in [-0.05, 0) is 0 Å². The highest BCUT2D eigenvalue weighted by Gasteiger charge is 2.08. The van der Waals surface area contributed by atoms with E-state index in [1.807, 2.05) is 0 Å². The van der Waals surface area contributed by atoms with Crippen molar-refractivity contribution < 1.29 is 4.79 Å². The van der Waals surface area contributed by atoms with Crippen LogP contribution >= 0.6 is 0 Å². The zero-order valence-electron chi connectivity index (χ0n) is 4.16. The third-order valence-corrected chi connectivity index (χ3v) is 0.792. The summed E-state index contributed by atoms with van der Waals surface area (Å²) in [5, 5.41) is 4.45. The normalized spacial score (nSPS) is 18.6. The summed E-state index contributed by atoms with van der Waals surface area (Å²) in [6, 6.07) is 0. The molecule has 1 aliphatic rings. The van der Waals surface area contributed by atoms with Crippen LogP contribution in [0.4, 0.5) is 0 Å². The largest absolute Gasteiger partial charge is 0.299 e. The first-order valence-corrected chi connectivity index (χ1v) is 2.13. The molecule has 0 aromatic heterocycles. The molecular formula is C3H6N4O. The van der Waals surface area contributed by atoms with Crippen LogP contribution in [0.2, 0.25) is 0 Å². The molecular weight excluding hydrogens is 108 g/mol. The second-order valence-corrected chi connectivity index (χ2v) is 1.38. The Labute approximate surface area is 46.1 Å². The predicted octanol–water partition coefficient (Wildman–Crippen LogP) is -1.76. The highest BCUT2D eigenvalue weighted by Crippen LogP contribution is 1.78. The number of hydrogen-bond donors (Lipinski definition) is 2. The standard InChI is InChI=1S/C3H6N4O/c4-7-2-6-5-1-3(7)8/h2,5H,1,4H2. The third-order valence-electron chi connectivity index (χ3n) is 0.792. The molecule has 0 spiro atoms. The van der Waals surface area contributed by atoms with Crippen molar-refractivity contribution in [2.75, 3.05) is 6.54 Å². The molecule has 0 saturated carbocycles. The molecule has 0 saturated heterocycles. The van der Waals surface area contributed by atoms with Crippen molar-refractivity contribution in [1.82, 2.24) is 10.4 Å². The summed E-state index contributed by atoms with van der Waals surface area (Å²) in [6.07, 6.45) is 1.23. The minimum Gasteiger partial charge on any atom is -0.299 e. The van der Waals surface area contributed by atoms with Crippen LogP contribution in [0.3, 0.4) is 0 Å². The molecule has 1 heterocycles. The van der Waals surface area contributed by atoms with E-state index >= 15 is 0 Å². The quantitative estimate of drug-likeness (QED) is 0.289. The molecule has 3 N–H and O–H groups in total. The van der Waals surface area contributed by atoms with Crippen LogP contribution in [0.1, 0.15) is 0 Å². The summed E-state index contributed by atoms with van der Waals surface area (Å²) in [5.74, 6) is 4.89. The first kappa shape index (κ1) is 5.04. The lowest BCUT2D eigenvalue weighted by atomic mass is 10.6. The number of hydrazone groups is 1. The van der Waals surface area contributed by atoms with Gasteiger partial charge in [-0.1, -0.05) is 0 Å². The SMILES string of the molecule is NN1C=NNCC1=O. The molecule has 0 atom stereocenters. The molecule has 1 aliphatic heterocycles. The fourth-order valence-electron chi connectivity index (χ4n) is 0.372. The van der Waals surface area contributed by atoms with E-state index < -0.39 is 0 Å². The smallest absolute Gasteiger partial charge is 0.263 e. The molecule has 1 rings (SSSR count). The maximum absolute atomic E-state index is 10.4. The Balaban J connectivity index is 2.60. The van der Waals surface area contributed by atoms with Crippen molar-refractivity contribution in [3.05, 3.63) is 0 Å². The van der Waals surface area contributed by atoms with E-state index in [1.54, 1.807) is 0 Å². The highest BCUT2D eigenvalue weighted by molar-refractivity contribution is 5.89. The van der Waals surface area contributed by atoms with Gasteiger partial charge in [0, 0.05) is 0 Å². The molecule has 0 unspecified atom stereocenters. The molecule has 1 amide bonds. The number of carbonyl (C=O) groups excluding carboxylic acids is 1. The molecule has 5 heteroatoms. The fourth-order valence-corrected chi connectivity index (χ4v) is 0.372. The van der Waals surface area contributed by atoms with Gasteiger partial charge in [0.05, 0.1) is 0 Å². The van der Waals surface area contributed by atoms with E-state index in [-0.39, 0.29) is 12.5 Å². The minimum atomic E-state index is -0.181. The van der Waals surface area contributed by atoms with Gasteiger partial charge in [0.25, 0.3) is 5.91 Å². The number of nitrogens with zero attached hydrogens (tertiary/aromatic N) is 2. The van der Waals surface area contributed by atoms with Gasteiger partial charge in [-0.3, -0.25) is 10.2 Å². The topological polar surface area (TPSA) is 70.7 Å². The number of hydrazine groups is 1. The highest BCUT2D eigenvalue weighted by atomic mass is 16.2. The second kappa shape index (κ2) is 1.79. The van der Waals surface area contributed by atoms with Crippen LogP contribution < -0.4 is 11.3 Å². The summed E-state index contributed by atoms with van der Waals surface area (Å²) in [5.41, 5.74) is 2.46. The van der Waals surface area contributed by atoms with E-state index in [0.29, 0.717) is 0 Å². The Hall–Kier alpha value is -1.10. The van der Waals surface area contributed by atoms with Crippen LogP contribution in [-0.2, 0) is 4.79 Å². The summed E-state index contributed by atoms with van der Waals surface area (Å²) in [4.78, 5) is 10.4. The van der Waals surface area contributed by atoms with Gasteiger partial charge in [-0.25, -0.2) is 10.9 Å². The van der Waals surface area contributed by atoms with Crippen molar-refractivity contribution in [1.29, 1.82) is 0 Å². The zero-order chi connectivity index (χ0) is 5.98. The summed E-state index contributed by atoms with van der Waals surface area (Å²) >= 11 is 0. The molecule has 5 nitrogen and oxygen atoms in total. The van der Waals surface area contributed by atoms with Crippen LogP contribution in [0.25, 0.3) is 0 Å². The van der Waals surface area contributed by atoms with Crippen LogP contribution in [-0.4, -0.2) is 23.8 Å². The van der Waals surface area contributed by atoms with Crippen LogP contribution in [0.5, 0.6) is 0 Å². The first-order valence-electron chi connectivity index (χ1n) is 2.13. The molecule has 0 aliphatic carbocycles. The number of hydrogen-bond acceptors (Lipinski definition) is 4. The number of nitrogens with two attached hydrogens (primary N) is 1. The lowest BCUT2D eigenvalue weighted by Crippen LogP contribution is -2.44. The maximum atomic E-state index is 10.4. The van der Waals surface area contributed by atoms with Gasteiger partial charge >= 0.3 is 0 Å². The summed E-state index contributed by atoms with van der Waals surface area (Å²) in [6.45, 7) is 0.188. The third kappa shape index (κ3) is 0.760. The van der Waals surface area contributed by atoms with Gasteiger partial charge in [0.2, 0.25) is 0 Å². The molecule has 0 radical (unpaired) electrons. The molecule has 0 aromatic rings. The maximum Gasteiger partial charge on any atom is 0.263 e. The van der Waals surface area contributed by atoms with E-state index in [4.69, 9.17) is 5.84 Å². The number of nitrogens with one attached hydrogen (secondary N) is 1. The lowest BCUT2D eigenvalue weighted by molar-refractivity contribution is -0.127. The average molecular weight is 114 g/mol. The van der Waals surface area contributed by atoms with Gasteiger partial charge < -0.3 is 0 Å². The minimum absolute atomic E-state index is 0.181. The van der Waals surface area contributed by atoms with Gasteiger partial charge in [0.15, 0.2) is 0 Å². The van der Waals surface area contributed by atoms with Crippen molar-refractivity contribution in [3.8, 4) is 0 Å². The predicted molar refractivity (Wildman–Crippen MR) is 27.5 cm³/mol. The average Bonchev–Trinajstić information content (AvgIpc) is 1.77. The van der Waals surface area contributed by atoms with E-state index in [0.717, 1.165) is 5.01 Å². The van der Waals surface area contributed by atoms with Gasteiger partial charge in [-0.2, -0.15) is 5.10 Å². The summed E-state index contributed by atoms with van der Waals surface area (Å²) in [7, 11) is 0. The Morgan fingerprint density at radius 2 is 2.75 bits per heavy atom. The van der Waals surface area contributed by atoms with Gasteiger partial charge in [-0.15, -0.1) is 0 Å². The van der Waals surface area contributed by atoms with Crippen molar-refractivity contribution in [2.45, 2.75) is 0 Å². The van der Waals surface area contributed by atoms with Crippen LogP contribution in [0, 0.1) is 0 Å². The summed E-state index contributed by atoms with van der Waals surface area (Å²) < 4.78 is 0. The Morgan fingerprint density at radius 1 is 2.00 bits per heavy atom. The first-order chi connectivity index (χ1) is 3.80. The fraction of sp³-hybridized carbons (Fsp3) is 0.333. The van der Waals surface area contributed by atoms with Gasteiger partial charge in [0.1, 0.15) is 12.9 Å². The zero-order valence-corrected chi connectivity index (χ0v) is 4.16. The lowest BCUT2D eigenvalue weighted by Gasteiger charge is -2.13. The molecule has 44 valence electrons. The van der Waals surface area contributed by atoms with E-state index in [2.05, 4.69) is 10.5 Å². The van der Waals surface area contributed by atoms with Crippen molar-refractivity contribution >= 4 is 12.2 Å². The van der Waals surface area contributed by atoms with Crippen LogP contribution in [0.15, 0.2) is 5.10 Å². The Kier molecular flexibility index (Phi) is 1.13. The van der Waals surface area contributed by atoms with E-state index in [9.17, 15) is 4.79 Å².